The molecule has 10 heteroatoms. The van der Waals surface area contributed by atoms with Crippen molar-refractivity contribution in [3.05, 3.63) is 22.0 Å². The molecule has 0 aliphatic carbocycles. The van der Waals surface area contributed by atoms with Gasteiger partial charge in [0.05, 0.1) is 9.98 Å². The van der Waals surface area contributed by atoms with Crippen molar-refractivity contribution in [1.29, 1.82) is 0 Å². The van der Waals surface area contributed by atoms with E-state index in [0.717, 1.165) is 45.9 Å². The van der Waals surface area contributed by atoms with E-state index in [1.807, 2.05) is 23.5 Å². The van der Waals surface area contributed by atoms with Crippen molar-refractivity contribution in [3.63, 3.8) is 0 Å². The van der Waals surface area contributed by atoms with Crippen LogP contribution in [0.5, 0.6) is 0 Å². The molecule has 0 saturated carbocycles. The second kappa shape index (κ2) is 15.9. The van der Waals surface area contributed by atoms with Gasteiger partial charge in [-0.1, -0.05) is 76.6 Å². The molecule has 4 heterocycles. The first kappa shape index (κ1) is 34.7. The third-order valence-corrected chi connectivity index (χ3v) is 15.0. The van der Waals surface area contributed by atoms with E-state index in [1.165, 1.54) is 76.4 Å². The van der Waals surface area contributed by atoms with Gasteiger partial charge in [0, 0.05) is 36.4 Å². The minimum absolute atomic E-state index is 0.299. The maximum Gasteiger partial charge on any atom is 0.107 e. The zero-order valence-electron chi connectivity index (χ0n) is 25.1. The van der Waals surface area contributed by atoms with Gasteiger partial charge < -0.3 is 9.80 Å². The SMILES string of the molecule is CC(C)(CCSCCSCCC(C)(C)CCN1C(=S)C=C2SCCC2C1=S)CCN1C(=S)C=C2SCCCC2C1=S. The van der Waals surface area contributed by atoms with Gasteiger partial charge in [0.2, 0.25) is 0 Å². The molecule has 2 saturated heterocycles. The first-order valence-corrected chi connectivity index (χ1v) is 20.9. The van der Waals surface area contributed by atoms with Crippen molar-refractivity contribution in [1.82, 2.24) is 9.80 Å². The summed E-state index contributed by atoms with van der Waals surface area (Å²) in [5, 5.41) is 0. The lowest BCUT2D eigenvalue weighted by Gasteiger charge is -2.38. The molecule has 2 unspecified atom stereocenters. The third kappa shape index (κ3) is 9.91. The van der Waals surface area contributed by atoms with Crippen molar-refractivity contribution in [3.8, 4) is 0 Å². The highest BCUT2D eigenvalue weighted by molar-refractivity contribution is 8.04. The van der Waals surface area contributed by atoms with Gasteiger partial charge in [0.1, 0.15) is 9.98 Å². The number of thiocarbonyl (C=S) groups is 4. The van der Waals surface area contributed by atoms with Crippen LogP contribution in [0.15, 0.2) is 22.0 Å². The number of hydrogen-bond donors (Lipinski definition) is 0. The minimum Gasteiger partial charge on any atom is -0.327 e. The second-order valence-electron chi connectivity index (χ2n) is 13.0. The fourth-order valence-electron chi connectivity index (χ4n) is 5.56. The zero-order valence-corrected chi connectivity index (χ0v) is 31.6. The Balaban J connectivity index is 1.06. The molecular formula is C31H46N2S8. The Labute approximate surface area is 288 Å². The van der Waals surface area contributed by atoms with Crippen LogP contribution in [0.25, 0.3) is 0 Å². The average molecular weight is 703 g/mol. The van der Waals surface area contributed by atoms with Gasteiger partial charge in [-0.15, -0.1) is 23.5 Å². The molecule has 0 radical (unpaired) electrons. The molecular weight excluding hydrogens is 657 g/mol. The van der Waals surface area contributed by atoms with E-state index in [1.54, 1.807) is 0 Å². The molecule has 2 atom stereocenters. The summed E-state index contributed by atoms with van der Waals surface area (Å²) in [4.78, 5) is 11.3. The van der Waals surface area contributed by atoms with Gasteiger partial charge in [-0.25, -0.2) is 0 Å². The molecule has 4 rings (SSSR count). The standard InChI is InChI=1S/C31H46N2S8/c1-30(2,8-12-32-26(34)20-24-22(28(32)36)6-5-14-40-24)10-16-38-18-19-39-17-11-31(3,4)9-13-33-27(35)21-25-23(29(33)37)7-15-41-25/h20-23H,5-19H2,1-4H3. The molecule has 4 aliphatic rings. The molecule has 0 aromatic heterocycles. The highest BCUT2D eigenvalue weighted by Gasteiger charge is 2.35. The Kier molecular flexibility index (Phi) is 13.5. The van der Waals surface area contributed by atoms with Crippen molar-refractivity contribution >= 4 is 116 Å². The first-order chi connectivity index (χ1) is 19.5. The molecule has 41 heavy (non-hydrogen) atoms. The number of nitrogens with zero attached hydrogens (tertiary/aromatic N) is 2. The zero-order chi connectivity index (χ0) is 29.6. The molecule has 2 nitrogen and oxygen atoms in total. The third-order valence-electron chi connectivity index (χ3n) is 8.70. The summed E-state index contributed by atoms with van der Waals surface area (Å²) >= 11 is 31.3. The van der Waals surface area contributed by atoms with Crippen LogP contribution in [0.3, 0.4) is 0 Å². The average Bonchev–Trinajstić information content (AvgIpc) is 3.38. The maximum absolute atomic E-state index is 5.90. The smallest absolute Gasteiger partial charge is 0.107 e. The van der Waals surface area contributed by atoms with E-state index in [-0.39, 0.29) is 0 Å². The number of hydrogen-bond acceptors (Lipinski definition) is 8. The molecule has 0 spiro atoms. The summed E-state index contributed by atoms with van der Waals surface area (Å²) in [7, 11) is 0. The van der Waals surface area contributed by atoms with Crippen LogP contribution in [-0.4, -0.2) is 77.4 Å². The van der Waals surface area contributed by atoms with Gasteiger partial charge in [0.25, 0.3) is 0 Å². The van der Waals surface area contributed by atoms with E-state index in [4.69, 9.17) is 48.9 Å². The topological polar surface area (TPSA) is 6.48 Å². The summed E-state index contributed by atoms with van der Waals surface area (Å²) < 4.78 is 0. The molecule has 0 aromatic rings. The van der Waals surface area contributed by atoms with Crippen LogP contribution < -0.4 is 0 Å². The van der Waals surface area contributed by atoms with Crippen LogP contribution in [0, 0.1) is 22.7 Å². The number of fused-ring (bicyclic) bond motifs is 2. The second-order valence-corrected chi connectivity index (χ2v) is 19.5. The largest absolute Gasteiger partial charge is 0.327 e. The van der Waals surface area contributed by atoms with Gasteiger partial charge in [0.15, 0.2) is 0 Å². The summed E-state index contributed by atoms with van der Waals surface area (Å²) in [6.45, 7) is 11.5. The van der Waals surface area contributed by atoms with E-state index in [9.17, 15) is 0 Å². The van der Waals surface area contributed by atoms with E-state index in [0.29, 0.717) is 22.7 Å². The Morgan fingerprint density at radius 1 is 0.683 bits per heavy atom. The van der Waals surface area contributed by atoms with Gasteiger partial charge >= 0.3 is 0 Å². The van der Waals surface area contributed by atoms with Gasteiger partial charge in [-0.2, -0.15) is 23.5 Å². The monoisotopic (exact) mass is 702 g/mol. The molecule has 4 aliphatic heterocycles. The predicted molar refractivity (Wildman–Crippen MR) is 206 cm³/mol. The Morgan fingerprint density at radius 3 is 1.66 bits per heavy atom. The van der Waals surface area contributed by atoms with Crippen LogP contribution in [0.4, 0.5) is 0 Å². The molecule has 0 aromatic carbocycles. The number of rotatable bonds is 15. The van der Waals surface area contributed by atoms with Gasteiger partial charge in [-0.05, 0) is 101 Å². The highest BCUT2D eigenvalue weighted by Crippen LogP contribution is 2.42. The summed E-state index contributed by atoms with van der Waals surface area (Å²) in [5.74, 6) is 8.17. The lowest BCUT2D eigenvalue weighted by atomic mass is 9.86. The molecule has 0 N–H and O–H groups in total. The molecule has 228 valence electrons. The Morgan fingerprint density at radius 2 is 1.15 bits per heavy atom. The van der Waals surface area contributed by atoms with Crippen molar-refractivity contribution in [2.45, 2.75) is 72.6 Å². The van der Waals surface area contributed by atoms with Crippen LogP contribution in [0.1, 0.15) is 72.6 Å². The van der Waals surface area contributed by atoms with Crippen molar-refractivity contribution in [2.75, 3.05) is 47.6 Å². The first-order valence-electron chi connectivity index (χ1n) is 15.0. The normalized spacial score (nSPS) is 23.5. The lowest BCUT2D eigenvalue weighted by Crippen LogP contribution is -2.44. The van der Waals surface area contributed by atoms with Crippen molar-refractivity contribution < 1.29 is 0 Å². The fraction of sp³-hybridized carbons (Fsp3) is 0.742. The maximum atomic E-state index is 5.90. The van der Waals surface area contributed by atoms with E-state index in [2.05, 4.69) is 73.2 Å². The van der Waals surface area contributed by atoms with E-state index >= 15 is 0 Å². The van der Waals surface area contributed by atoms with Gasteiger partial charge in [-0.3, -0.25) is 0 Å². The lowest BCUT2D eigenvalue weighted by molar-refractivity contribution is 0.304. The Bertz CT molecular complexity index is 1060. The molecule has 2 fully saturated rings. The van der Waals surface area contributed by atoms with Crippen molar-refractivity contribution in [2.24, 2.45) is 22.7 Å². The molecule has 0 amide bonds. The van der Waals surface area contributed by atoms with E-state index < -0.39 is 0 Å². The quantitative estimate of drug-likeness (QED) is 0.120. The van der Waals surface area contributed by atoms with Crippen LogP contribution >= 0.6 is 95.9 Å². The minimum atomic E-state index is 0.299. The Hall–Kier alpha value is 0.840. The predicted octanol–water partition coefficient (Wildman–Crippen LogP) is 9.67. The van der Waals surface area contributed by atoms with Crippen LogP contribution in [0.2, 0.25) is 0 Å². The highest BCUT2D eigenvalue weighted by atomic mass is 32.2. The fourth-order valence-corrected chi connectivity index (χ4v) is 12.6. The summed E-state index contributed by atoms with van der Waals surface area (Å²) in [5.41, 5.74) is 0.601. The summed E-state index contributed by atoms with van der Waals surface area (Å²) in [6.07, 6.45) is 12.8. The molecule has 0 bridgehead atoms. The number of thioether (sulfide) groups is 4. The summed E-state index contributed by atoms with van der Waals surface area (Å²) in [6, 6.07) is 0. The van der Waals surface area contributed by atoms with Crippen LogP contribution in [-0.2, 0) is 0 Å².